The van der Waals surface area contributed by atoms with Gasteiger partial charge in [-0.05, 0) is 20.8 Å². The van der Waals surface area contributed by atoms with Crippen molar-refractivity contribution in [2.24, 2.45) is 0 Å². The molecule has 0 rings (SSSR count). The van der Waals surface area contributed by atoms with Gasteiger partial charge in [-0.1, -0.05) is 6.58 Å². The van der Waals surface area contributed by atoms with Gasteiger partial charge in [-0.3, -0.25) is 0 Å². The Bertz CT molecular complexity index is 195. The highest BCUT2D eigenvalue weighted by Crippen LogP contribution is 2.57. The zero-order valence-corrected chi connectivity index (χ0v) is 13.1. The van der Waals surface area contributed by atoms with E-state index in [1.54, 1.807) is 0 Å². The molecule has 0 amide bonds. The summed E-state index contributed by atoms with van der Waals surface area (Å²) in [6.45, 7) is 10.8. The number of carbonyl (C=O) groups excluding carboxylic acids is 1. The molecular weight excluding hydrogens is 287 g/mol. The van der Waals surface area contributed by atoms with Crippen LogP contribution in [0.5, 0.6) is 0 Å². The maximum Gasteiger partial charge on any atom is 0.330 e. The summed E-state index contributed by atoms with van der Waals surface area (Å²) in [5.41, 5.74) is 0. The number of rotatable bonds is 8. The zero-order valence-electron chi connectivity index (χ0n) is 10.7. The second-order valence-corrected chi connectivity index (χ2v) is 8.77. The van der Waals surface area contributed by atoms with Crippen LogP contribution in [-0.4, -0.2) is 37.2 Å². The van der Waals surface area contributed by atoms with Gasteiger partial charge >= 0.3 is 5.97 Å². The van der Waals surface area contributed by atoms with Gasteiger partial charge in [-0.15, -0.1) is 0 Å². The van der Waals surface area contributed by atoms with E-state index in [1.807, 2.05) is 0 Å². The summed E-state index contributed by atoms with van der Waals surface area (Å²) in [5, 5.41) is 0. The molecule has 0 aromatic heterocycles. The lowest BCUT2D eigenvalue weighted by molar-refractivity contribution is -0.137. The minimum absolute atomic E-state index is 0. The molecule has 0 unspecified atom stereocenters. The number of hydrogen-bond donors (Lipinski definition) is 0. The van der Waals surface area contributed by atoms with E-state index in [0.717, 1.165) is 6.42 Å². The van der Waals surface area contributed by atoms with Crippen molar-refractivity contribution in [1.29, 1.82) is 0 Å². The molecule has 0 saturated carbocycles. The van der Waals surface area contributed by atoms with Crippen LogP contribution >= 0.6 is 7.26 Å². The van der Waals surface area contributed by atoms with E-state index >= 15 is 0 Å². The third-order valence-corrected chi connectivity index (χ3v) is 8.49. The molecule has 0 spiro atoms. The van der Waals surface area contributed by atoms with Gasteiger partial charge in [0.05, 0.1) is 31.3 Å². The predicted octanol–water partition coefficient (Wildman–Crippen LogP) is 0.187. The fourth-order valence-electron chi connectivity index (χ4n) is 1.78. The van der Waals surface area contributed by atoms with E-state index in [1.165, 1.54) is 30.7 Å². The standard InChI is InChI=1S/C12H24O2P.BrH/c1-5-12(13)14-10-9-11-15(6-2,7-3)8-4;/h5H,1,6-11H2,2-4H3;1H/q+1;/p-1. The van der Waals surface area contributed by atoms with Gasteiger partial charge in [0.25, 0.3) is 0 Å². The second kappa shape index (κ2) is 10.3. The summed E-state index contributed by atoms with van der Waals surface area (Å²) in [6, 6.07) is 0. The van der Waals surface area contributed by atoms with Crippen LogP contribution in [0, 0.1) is 0 Å². The van der Waals surface area contributed by atoms with Crippen LogP contribution < -0.4 is 17.0 Å². The van der Waals surface area contributed by atoms with Gasteiger partial charge in [-0.25, -0.2) is 4.79 Å². The first kappa shape index (κ1) is 18.5. The molecule has 2 nitrogen and oxygen atoms in total. The van der Waals surface area contributed by atoms with Crippen molar-refractivity contribution in [2.45, 2.75) is 27.2 Å². The molecule has 0 radical (unpaired) electrons. The minimum Gasteiger partial charge on any atom is -1.00 e. The Morgan fingerprint density at radius 3 is 2.12 bits per heavy atom. The number of carbonyl (C=O) groups is 1. The Kier molecular flexibility index (Phi) is 11.9. The van der Waals surface area contributed by atoms with Gasteiger partial charge in [0.1, 0.15) is 0 Å². The molecule has 0 N–H and O–H groups in total. The highest BCUT2D eigenvalue weighted by Gasteiger charge is 2.30. The molecule has 0 heterocycles. The average Bonchev–Trinajstić information content (AvgIpc) is 2.30. The molecule has 16 heavy (non-hydrogen) atoms. The third-order valence-electron chi connectivity index (χ3n) is 3.20. The molecule has 96 valence electrons. The fraction of sp³-hybridized carbons (Fsp3) is 0.750. The minimum atomic E-state index is -0.724. The van der Waals surface area contributed by atoms with Crippen LogP contribution in [0.25, 0.3) is 0 Å². The molecule has 0 aliphatic heterocycles. The molecule has 0 fully saturated rings. The first-order chi connectivity index (χ1) is 7.14. The number of halogens is 1. The second-order valence-electron chi connectivity index (χ2n) is 3.74. The summed E-state index contributed by atoms with van der Waals surface area (Å²) in [4.78, 5) is 10.8. The monoisotopic (exact) mass is 310 g/mol. The number of esters is 1. The van der Waals surface area contributed by atoms with Gasteiger partial charge in [0.2, 0.25) is 0 Å². The average molecular weight is 311 g/mol. The largest absolute Gasteiger partial charge is 1.00 e. The Morgan fingerprint density at radius 2 is 1.75 bits per heavy atom. The number of hydrogen-bond acceptors (Lipinski definition) is 2. The maximum absolute atomic E-state index is 10.8. The Morgan fingerprint density at radius 1 is 1.25 bits per heavy atom. The van der Waals surface area contributed by atoms with E-state index in [0.29, 0.717) is 6.61 Å². The van der Waals surface area contributed by atoms with E-state index < -0.39 is 7.26 Å². The van der Waals surface area contributed by atoms with E-state index in [9.17, 15) is 4.79 Å². The molecule has 0 aliphatic rings. The van der Waals surface area contributed by atoms with Gasteiger partial charge in [-0.2, -0.15) is 0 Å². The van der Waals surface area contributed by atoms with Crippen molar-refractivity contribution in [3.05, 3.63) is 12.7 Å². The smallest absolute Gasteiger partial charge is 0.330 e. The molecule has 0 saturated heterocycles. The number of ether oxygens (including phenoxy) is 1. The van der Waals surface area contributed by atoms with Gasteiger partial charge in [0.15, 0.2) is 0 Å². The highest BCUT2D eigenvalue weighted by atomic mass is 79.9. The fourth-order valence-corrected chi connectivity index (χ4v) is 4.87. The summed E-state index contributed by atoms with van der Waals surface area (Å²) < 4.78 is 4.98. The Labute approximate surface area is 111 Å². The van der Waals surface area contributed by atoms with Crippen LogP contribution in [0.2, 0.25) is 0 Å². The normalized spacial score (nSPS) is 10.4. The summed E-state index contributed by atoms with van der Waals surface area (Å²) in [6.07, 6.45) is 7.42. The molecule has 0 aromatic carbocycles. The van der Waals surface area contributed by atoms with E-state index in [4.69, 9.17) is 4.74 Å². The first-order valence-corrected chi connectivity index (χ1v) is 8.31. The zero-order chi connectivity index (χ0) is 11.7. The Balaban J connectivity index is 0. The van der Waals surface area contributed by atoms with Crippen molar-refractivity contribution in [3.8, 4) is 0 Å². The maximum atomic E-state index is 10.8. The lowest BCUT2D eigenvalue weighted by atomic mass is 10.5. The quantitative estimate of drug-likeness (QED) is 0.277. The van der Waals surface area contributed by atoms with Crippen LogP contribution in [0.3, 0.4) is 0 Å². The van der Waals surface area contributed by atoms with Crippen molar-refractivity contribution < 1.29 is 26.5 Å². The SMILES string of the molecule is C=CC(=O)OCCC[P+](CC)(CC)CC.[Br-]. The molecule has 0 atom stereocenters. The molecular formula is C12H24BrO2P. The van der Waals surface area contributed by atoms with Gasteiger partial charge < -0.3 is 21.7 Å². The molecule has 0 bridgehead atoms. The Hall–Kier alpha value is 0.120. The molecule has 0 aromatic rings. The van der Waals surface area contributed by atoms with E-state index in [-0.39, 0.29) is 23.0 Å². The summed E-state index contributed by atoms with van der Waals surface area (Å²) >= 11 is 0. The van der Waals surface area contributed by atoms with Crippen molar-refractivity contribution in [3.63, 3.8) is 0 Å². The highest BCUT2D eigenvalue weighted by molar-refractivity contribution is 7.75. The first-order valence-electron chi connectivity index (χ1n) is 5.78. The van der Waals surface area contributed by atoms with Gasteiger partial charge in [0, 0.05) is 19.8 Å². The van der Waals surface area contributed by atoms with E-state index in [2.05, 4.69) is 27.4 Å². The third kappa shape index (κ3) is 6.65. The summed E-state index contributed by atoms with van der Waals surface area (Å²) in [7, 11) is -0.724. The van der Waals surface area contributed by atoms with Crippen LogP contribution in [0.4, 0.5) is 0 Å². The predicted molar refractivity (Wildman–Crippen MR) is 69.2 cm³/mol. The lowest BCUT2D eigenvalue weighted by Gasteiger charge is -2.23. The van der Waals surface area contributed by atoms with Crippen molar-refractivity contribution in [2.75, 3.05) is 31.3 Å². The van der Waals surface area contributed by atoms with Crippen molar-refractivity contribution in [1.82, 2.24) is 0 Å². The lowest BCUT2D eigenvalue weighted by Crippen LogP contribution is -3.00. The van der Waals surface area contributed by atoms with Crippen LogP contribution in [-0.2, 0) is 9.53 Å². The van der Waals surface area contributed by atoms with Crippen LogP contribution in [0.15, 0.2) is 12.7 Å². The topological polar surface area (TPSA) is 26.3 Å². The molecule has 4 heteroatoms. The van der Waals surface area contributed by atoms with Crippen molar-refractivity contribution >= 4 is 13.2 Å². The van der Waals surface area contributed by atoms with Crippen LogP contribution in [0.1, 0.15) is 27.2 Å². The summed E-state index contributed by atoms with van der Waals surface area (Å²) in [5.74, 6) is -0.302. The molecule has 0 aliphatic carbocycles.